The Kier molecular flexibility index (Phi) is 8.96. The molecule has 0 aliphatic rings. The normalized spacial score (nSPS) is 12.8. The van der Waals surface area contributed by atoms with Gasteiger partial charge in [0.15, 0.2) is 0 Å². The zero-order chi connectivity index (χ0) is 29.6. The number of H-pyrrole nitrogens is 2. The van der Waals surface area contributed by atoms with Crippen LogP contribution in [0, 0.1) is 0 Å². The van der Waals surface area contributed by atoms with Gasteiger partial charge in [0.1, 0.15) is 29.3 Å². The summed E-state index contributed by atoms with van der Waals surface area (Å²) in [5.41, 5.74) is 2.40. The number of hydrogen-bond acceptors (Lipinski definition) is 7. The Balaban J connectivity index is 1.53. The highest BCUT2D eigenvalue weighted by Crippen LogP contribution is 2.21. The third-order valence-electron chi connectivity index (χ3n) is 6.32. The van der Waals surface area contributed by atoms with Crippen LogP contribution < -0.4 is 15.4 Å². The fraction of sp³-hybridized carbons (Fsp3) is 0.333. The van der Waals surface area contributed by atoms with Crippen LogP contribution in [0.1, 0.15) is 32.0 Å². The number of benzene rings is 2. The molecule has 11 nitrogen and oxygen atoms in total. The molecule has 0 spiro atoms. The van der Waals surface area contributed by atoms with Crippen LogP contribution in [0.25, 0.3) is 22.3 Å². The molecule has 2 amide bonds. The molecule has 4 aromatic rings. The molecule has 0 saturated heterocycles. The third-order valence-corrected chi connectivity index (χ3v) is 6.32. The minimum absolute atomic E-state index is 0.0911. The lowest BCUT2D eigenvalue weighted by molar-refractivity contribution is -0.145. The Morgan fingerprint density at radius 1 is 0.951 bits per heavy atom. The molecule has 4 rings (SSSR count). The van der Waals surface area contributed by atoms with Gasteiger partial charge in [0.05, 0.1) is 14.2 Å². The second-order valence-corrected chi connectivity index (χ2v) is 10.5. The Labute approximate surface area is 238 Å². The largest absolute Gasteiger partial charge is 0.497 e. The molecule has 0 radical (unpaired) electrons. The number of carbonyl (C=O) groups is 3. The molecule has 0 aliphatic heterocycles. The SMILES string of the molecule is COC(=O)[C@H](Cc1cnc(-c2ccc(OC)cc2)[nH]1)NC(=O)[C@H](Cc1c[nH]c2ccccc12)NC(=O)OC(C)(C)C. The number of carbonyl (C=O) groups excluding carboxylic acids is 3. The molecule has 4 N–H and O–H groups in total. The monoisotopic (exact) mass is 561 g/mol. The maximum Gasteiger partial charge on any atom is 0.408 e. The number of methoxy groups -OCH3 is 2. The van der Waals surface area contributed by atoms with Crippen molar-refractivity contribution in [1.29, 1.82) is 0 Å². The molecular weight excluding hydrogens is 526 g/mol. The van der Waals surface area contributed by atoms with E-state index in [4.69, 9.17) is 14.2 Å². The van der Waals surface area contributed by atoms with Crippen molar-refractivity contribution in [1.82, 2.24) is 25.6 Å². The van der Waals surface area contributed by atoms with E-state index in [1.807, 2.05) is 48.5 Å². The Hall–Kier alpha value is -4.80. The van der Waals surface area contributed by atoms with Gasteiger partial charge in [-0.3, -0.25) is 4.79 Å². The van der Waals surface area contributed by atoms with Crippen LogP contribution in [0.4, 0.5) is 4.79 Å². The topological polar surface area (TPSA) is 147 Å². The van der Waals surface area contributed by atoms with Gasteiger partial charge in [0, 0.05) is 47.4 Å². The fourth-order valence-corrected chi connectivity index (χ4v) is 4.37. The van der Waals surface area contributed by atoms with Crippen LogP contribution in [0.2, 0.25) is 0 Å². The van der Waals surface area contributed by atoms with Crippen molar-refractivity contribution in [2.24, 2.45) is 0 Å². The number of imidazole rings is 1. The average Bonchev–Trinajstić information content (AvgIpc) is 3.58. The summed E-state index contributed by atoms with van der Waals surface area (Å²) >= 11 is 0. The van der Waals surface area contributed by atoms with E-state index in [-0.39, 0.29) is 12.8 Å². The molecule has 0 saturated carbocycles. The second kappa shape index (κ2) is 12.6. The van der Waals surface area contributed by atoms with Gasteiger partial charge >= 0.3 is 12.1 Å². The highest BCUT2D eigenvalue weighted by molar-refractivity contribution is 5.91. The van der Waals surface area contributed by atoms with Gasteiger partial charge in [0.2, 0.25) is 5.91 Å². The number of nitrogens with one attached hydrogen (secondary N) is 4. The molecule has 0 fully saturated rings. The molecule has 0 aliphatic carbocycles. The van der Waals surface area contributed by atoms with Gasteiger partial charge in [-0.2, -0.15) is 0 Å². The molecule has 2 aromatic heterocycles. The third kappa shape index (κ3) is 7.65. The lowest BCUT2D eigenvalue weighted by Gasteiger charge is -2.24. The summed E-state index contributed by atoms with van der Waals surface area (Å²) in [7, 11) is 2.84. The molecule has 0 unspecified atom stereocenters. The van der Waals surface area contributed by atoms with Crippen molar-refractivity contribution in [3.8, 4) is 17.1 Å². The quantitative estimate of drug-likeness (QED) is 0.215. The van der Waals surface area contributed by atoms with E-state index < -0.39 is 35.7 Å². The summed E-state index contributed by atoms with van der Waals surface area (Å²) in [6.07, 6.45) is 2.90. The first-order valence-electron chi connectivity index (χ1n) is 13.2. The number of nitrogens with zero attached hydrogens (tertiary/aromatic N) is 1. The lowest BCUT2D eigenvalue weighted by atomic mass is 10.0. The molecule has 2 aromatic carbocycles. The van der Waals surface area contributed by atoms with Crippen LogP contribution in [0.3, 0.4) is 0 Å². The number of rotatable bonds is 10. The van der Waals surface area contributed by atoms with Crippen molar-refractivity contribution in [2.45, 2.75) is 51.3 Å². The zero-order valence-corrected chi connectivity index (χ0v) is 23.7. The molecule has 216 valence electrons. The highest BCUT2D eigenvalue weighted by atomic mass is 16.6. The van der Waals surface area contributed by atoms with Gasteiger partial charge < -0.3 is 34.8 Å². The van der Waals surface area contributed by atoms with E-state index in [0.29, 0.717) is 11.5 Å². The van der Waals surface area contributed by atoms with E-state index >= 15 is 0 Å². The van der Waals surface area contributed by atoms with E-state index in [9.17, 15) is 14.4 Å². The van der Waals surface area contributed by atoms with Crippen LogP contribution in [0.15, 0.2) is 60.9 Å². The van der Waals surface area contributed by atoms with E-state index in [1.54, 1.807) is 40.3 Å². The van der Waals surface area contributed by atoms with E-state index in [1.165, 1.54) is 7.11 Å². The molecule has 0 bridgehead atoms. The smallest absolute Gasteiger partial charge is 0.408 e. The Morgan fingerprint density at radius 3 is 2.37 bits per heavy atom. The molecule has 2 heterocycles. The maximum atomic E-state index is 13.6. The Bertz CT molecular complexity index is 1500. The number of hydrogen-bond donors (Lipinski definition) is 4. The zero-order valence-electron chi connectivity index (χ0n) is 23.7. The number of amides is 2. The van der Waals surface area contributed by atoms with Crippen molar-refractivity contribution < 1.29 is 28.6 Å². The summed E-state index contributed by atoms with van der Waals surface area (Å²) < 4.78 is 15.6. The minimum atomic E-state index is -1.04. The first kappa shape index (κ1) is 29.2. The van der Waals surface area contributed by atoms with Gasteiger partial charge in [-0.05, 0) is 56.7 Å². The van der Waals surface area contributed by atoms with Crippen LogP contribution in [0.5, 0.6) is 5.75 Å². The van der Waals surface area contributed by atoms with Crippen LogP contribution in [-0.2, 0) is 31.9 Å². The van der Waals surface area contributed by atoms with Gasteiger partial charge in [0.25, 0.3) is 0 Å². The van der Waals surface area contributed by atoms with Crippen molar-refractivity contribution >= 4 is 28.9 Å². The number of aromatic nitrogens is 3. The number of alkyl carbamates (subject to hydrolysis) is 1. The van der Waals surface area contributed by atoms with Crippen LogP contribution >= 0.6 is 0 Å². The number of ether oxygens (including phenoxy) is 3. The Morgan fingerprint density at radius 2 is 1.68 bits per heavy atom. The van der Waals surface area contributed by atoms with Gasteiger partial charge in [-0.25, -0.2) is 14.6 Å². The maximum absolute atomic E-state index is 13.6. The van der Waals surface area contributed by atoms with E-state index in [2.05, 4.69) is 25.6 Å². The first-order chi connectivity index (χ1) is 19.6. The second-order valence-electron chi connectivity index (χ2n) is 10.5. The van der Waals surface area contributed by atoms with Crippen molar-refractivity contribution in [2.75, 3.05) is 14.2 Å². The average molecular weight is 562 g/mol. The number of para-hydroxylation sites is 1. The number of fused-ring (bicyclic) bond motifs is 1. The van der Waals surface area contributed by atoms with E-state index in [0.717, 1.165) is 27.8 Å². The molecular formula is C30H35N5O6. The molecule has 41 heavy (non-hydrogen) atoms. The number of aromatic amines is 2. The molecule has 2 atom stereocenters. The summed E-state index contributed by atoms with van der Waals surface area (Å²) in [6.45, 7) is 5.21. The van der Waals surface area contributed by atoms with Gasteiger partial charge in [-0.1, -0.05) is 18.2 Å². The summed E-state index contributed by atoms with van der Waals surface area (Å²) in [5.74, 6) is 0.117. The summed E-state index contributed by atoms with van der Waals surface area (Å²) in [5, 5.41) is 6.34. The predicted molar refractivity (Wildman–Crippen MR) is 153 cm³/mol. The van der Waals surface area contributed by atoms with Crippen molar-refractivity contribution in [3.05, 3.63) is 72.2 Å². The standard InChI is InChI=1S/C30H35N5O6/c1-30(2,3)41-29(38)35-24(14-19-16-31-23-9-7-6-8-22(19)23)27(36)34-25(28(37)40-5)15-20-17-32-26(33-20)18-10-12-21(39-4)13-11-18/h6-13,16-17,24-25,31H,14-15H2,1-5H3,(H,32,33)(H,34,36)(H,35,38)/t24-,25-/m0/s1. The molecule has 11 heteroatoms. The highest BCUT2D eigenvalue weighted by Gasteiger charge is 2.30. The van der Waals surface area contributed by atoms with Gasteiger partial charge in [-0.15, -0.1) is 0 Å². The van der Waals surface area contributed by atoms with Crippen molar-refractivity contribution in [3.63, 3.8) is 0 Å². The predicted octanol–water partition coefficient (Wildman–Crippen LogP) is 3.90. The summed E-state index contributed by atoms with van der Waals surface area (Å²) in [4.78, 5) is 49.8. The lowest BCUT2D eigenvalue weighted by Crippen LogP contribution is -2.54. The summed E-state index contributed by atoms with van der Waals surface area (Å²) in [6, 6.07) is 12.9. The van der Waals surface area contributed by atoms with Crippen LogP contribution in [-0.4, -0.2) is 64.8 Å². The first-order valence-corrected chi connectivity index (χ1v) is 13.2. The fourth-order valence-electron chi connectivity index (χ4n) is 4.37. The minimum Gasteiger partial charge on any atom is -0.497 e. The number of esters is 1.